The average Bonchev–Trinajstić information content (AvgIpc) is 2.53. The summed E-state index contributed by atoms with van der Waals surface area (Å²) in [5, 5.41) is 7.63. The van der Waals surface area contributed by atoms with Crippen LogP contribution in [0.1, 0.15) is 38.5 Å². The van der Waals surface area contributed by atoms with Crippen molar-refractivity contribution in [3.8, 4) is 0 Å². The number of halogens is 1. The Balaban J connectivity index is 1.80. The molecule has 0 aliphatic heterocycles. The molecule has 94 valence electrons. The van der Waals surface area contributed by atoms with Gasteiger partial charge in [0, 0.05) is 12.2 Å². The number of carbonyl (C=O) groups excluding carboxylic acids is 1. The molecule has 2 rings (SSSR count). The highest BCUT2D eigenvalue weighted by Crippen LogP contribution is 2.17. The van der Waals surface area contributed by atoms with Gasteiger partial charge in [-0.25, -0.2) is 0 Å². The van der Waals surface area contributed by atoms with Crippen LogP contribution in [0, 0.1) is 0 Å². The molecule has 0 aromatic carbocycles. The Hall–Kier alpha value is -1.03. The lowest BCUT2D eigenvalue weighted by atomic mass is 10.1. The van der Waals surface area contributed by atoms with Crippen molar-refractivity contribution in [3.05, 3.63) is 17.4 Å². The predicted octanol–water partition coefficient (Wildman–Crippen LogP) is 2.38. The quantitative estimate of drug-likeness (QED) is 0.843. The van der Waals surface area contributed by atoms with Crippen LogP contribution in [0.2, 0.25) is 5.02 Å². The molecular formula is C12H18ClN3O. The standard InChI is InChI=1S/C12H18ClN3O/c13-10-7-14-16(8-10)9-12(17)15-11-5-3-1-2-4-6-11/h7-8,11H,1-6,9H2,(H,15,17). The van der Waals surface area contributed by atoms with Crippen LogP contribution in [-0.2, 0) is 11.3 Å². The van der Waals surface area contributed by atoms with E-state index in [0.717, 1.165) is 12.8 Å². The lowest BCUT2D eigenvalue weighted by molar-refractivity contribution is -0.122. The van der Waals surface area contributed by atoms with E-state index in [-0.39, 0.29) is 12.5 Å². The average molecular weight is 256 g/mol. The summed E-state index contributed by atoms with van der Waals surface area (Å²) in [7, 11) is 0. The number of nitrogens with one attached hydrogen (secondary N) is 1. The van der Waals surface area contributed by atoms with Crippen molar-refractivity contribution in [3.63, 3.8) is 0 Å². The molecule has 1 fully saturated rings. The minimum Gasteiger partial charge on any atom is -0.352 e. The lowest BCUT2D eigenvalue weighted by Gasteiger charge is -2.16. The van der Waals surface area contributed by atoms with E-state index in [2.05, 4.69) is 10.4 Å². The van der Waals surface area contributed by atoms with Crippen LogP contribution in [0.5, 0.6) is 0 Å². The van der Waals surface area contributed by atoms with Crippen LogP contribution in [-0.4, -0.2) is 21.7 Å². The van der Waals surface area contributed by atoms with Crippen molar-refractivity contribution >= 4 is 17.5 Å². The summed E-state index contributed by atoms with van der Waals surface area (Å²) in [5.41, 5.74) is 0. The number of nitrogens with zero attached hydrogens (tertiary/aromatic N) is 2. The number of hydrogen-bond acceptors (Lipinski definition) is 2. The molecule has 0 atom stereocenters. The molecule has 1 aliphatic carbocycles. The monoisotopic (exact) mass is 255 g/mol. The van der Waals surface area contributed by atoms with Crippen LogP contribution in [0.15, 0.2) is 12.4 Å². The number of amides is 1. The summed E-state index contributed by atoms with van der Waals surface area (Å²) >= 11 is 5.74. The van der Waals surface area contributed by atoms with E-state index in [1.54, 1.807) is 17.1 Å². The fourth-order valence-corrected chi connectivity index (χ4v) is 2.43. The van der Waals surface area contributed by atoms with Gasteiger partial charge in [0.2, 0.25) is 5.91 Å². The van der Waals surface area contributed by atoms with Crippen LogP contribution in [0.3, 0.4) is 0 Å². The van der Waals surface area contributed by atoms with Crippen LogP contribution < -0.4 is 5.32 Å². The van der Waals surface area contributed by atoms with Crippen molar-refractivity contribution in [2.75, 3.05) is 0 Å². The Morgan fingerprint density at radius 2 is 2.12 bits per heavy atom. The van der Waals surface area contributed by atoms with E-state index in [1.807, 2.05) is 0 Å². The summed E-state index contributed by atoms with van der Waals surface area (Å²) in [5.74, 6) is 0.0247. The molecule has 0 spiro atoms. The van der Waals surface area contributed by atoms with E-state index >= 15 is 0 Å². The summed E-state index contributed by atoms with van der Waals surface area (Å²) in [6.07, 6.45) is 10.4. The fourth-order valence-electron chi connectivity index (χ4n) is 2.27. The van der Waals surface area contributed by atoms with Gasteiger partial charge in [0.25, 0.3) is 0 Å². The van der Waals surface area contributed by atoms with Crippen molar-refractivity contribution in [1.29, 1.82) is 0 Å². The van der Waals surface area contributed by atoms with Crippen molar-refractivity contribution in [2.45, 2.75) is 51.1 Å². The minimum absolute atomic E-state index is 0.0247. The second-order valence-corrected chi connectivity index (χ2v) is 5.05. The molecule has 0 bridgehead atoms. The van der Waals surface area contributed by atoms with Crippen molar-refractivity contribution < 1.29 is 4.79 Å². The second-order valence-electron chi connectivity index (χ2n) is 4.61. The molecule has 0 saturated heterocycles. The number of aromatic nitrogens is 2. The van der Waals surface area contributed by atoms with Crippen LogP contribution in [0.4, 0.5) is 0 Å². The minimum atomic E-state index is 0.0247. The third-order valence-electron chi connectivity index (χ3n) is 3.13. The smallest absolute Gasteiger partial charge is 0.241 e. The van der Waals surface area contributed by atoms with E-state index in [0.29, 0.717) is 11.1 Å². The Bertz CT molecular complexity index is 370. The molecule has 1 aromatic rings. The van der Waals surface area contributed by atoms with Crippen molar-refractivity contribution in [2.24, 2.45) is 0 Å². The van der Waals surface area contributed by atoms with Gasteiger partial charge in [-0.3, -0.25) is 9.48 Å². The van der Waals surface area contributed by atoms with Gasteiger partial charge in [-0.2, -0.15) is 5.10 Å². The largest absolute Gasteiger partial charge is 0.352 e. The normalized spacial score (nSPS) is 17.7. The molecular weight excluding hydrogens is 238 g/mol. The van der Waals surface area contributed by atoms with Gasteiger partial charge < -0.3 is 5.32 Å². The Morgan fingerprint density at radius 1 is 1.41 bits per heavy atom. The molecule has 1 saturated carbocycles. The molecule has 1 N–H and O–H groups in total. The highest BCUT2D eigenvalue weighted by Gasteiger charge is 2.14. The third kappa shape index (κ3) is 4.04. The topological polar surface area (TPSA) is 46.9 Å². The Morgan fingerprint density at radius 3 is 2.71 bits per heavy atom. The first-order valence-corrected chi connectivity index (χ1v) is 6.59. The van der Waals surface area contributed by atoms with E-state index in [1.165, 1.54) is 25.7 Å². The van der Waals surface area contributed by atoms with E-state index in [9.17, 15) is 4.79 Å². The van der Waals surface area contributed by atoms with Gasteiger partial charge in [-0.1, -0.05) is 37.3 Å². The zero-order valence-electron chi connectivity index (χ0n) is 9.86. The molecule has 17 heavy (non-hydrogen) atoms. The summed E-state index contributed by atoms with van der Waals surface area (Å²) in [6, 6.07) is 0.344. The Labute approximate surface area is 106 Å². The van der Waals surface area contributed by atoms with Gasteiger partial charge >= 0.3 is 0 Å². The third-order valence-corrected chi connectivity index (χ3v) is 3.32. The fraction of sp³-hybridized carbons (Fsp3) is 0.667. The molecule has 1 aliphatic rings. The lowest BCUT2D eigenvalue weighted by Crippen LogP contribution is -2.36. The van der Waals surface area contributed by atoms with Gasteiger partial charge in [0.1, 0.15) is 6.54 Å². The first kappa shape index (κ1) is 12.4. The van der Waals surface area contributed by atoms with Crippen molar-refractivity contribution in [1.82, 2.24) is 15.1 Å². The first-order valence-electron chi connectivity index (χ1n) is 6.21. The molecule has 5 heteroatoms. The first-order chi connectivity index (χ1) is 8.24. The molecule has 1 heterocycles. The van der Waals surface area contributed by atoms with Gasteiger partial charge in [-0.15, -0.1) is 0 Å². The highest BCUT2D eigenvalue weighted by molar-refractivity contribution is 6.30. The zero-order valence-corrected chi connectivity index (χ0v) is 10.6. The SMILES string of the molecule is O=C(Cn1cc(Cl)cn1)NC1CCCCCC1. The van der Waals surface area contributed by atoms with E-state index < -0.39 is 0 Å². The molecule has 1 amide bonds. The molecule has 1 aromatic heterocycles. The maximum atomic E-state index is 11.8. The van der Waals surface area contributed by atoms with E-state index in [4.69, 9.17) is 11.6 Å². The Kier molecular flexibility index (Phi) is 4.42. The maximum Gasteiger partial charge on any atom is 0.241 e. The number of hydrogen-bond donors (Lipinski definition) is 1. The second kappa shape index (κ2) is 6.05. The summed E-state index contributed by atoms with van der Waals surface area (Å²) in [4.78, 5) is 11.8. The molecule has 0 radical (unpaired) electrons. The summed E-state index contributed by atoms with van der Waals surface area (Å²) < 4.78 is 1.56. The molecule has 4 nitrogen and oxygen atoms in total. The predicted molar refractivity (Wildman–Crippen MR) is 66.9 cm³/mol. The highest BCUT2D eigenvalue weighted by atomic mass is 35.5. The van der Waals surface area contributed by atoms with Gasteiger partial charge in [0.05, 0.1) is 11.2 Å². The van der Waals surface area contributed by atoms with Crippen LogP contribution in [0.25, 0.3) is 0 Å². The number of carbonyl (C=O) groups is 1. The van der Waals surface area contributed by atoms with Gasteiger partial charge in [-0.05, 0) is 12.8 Å². The van der Waals surface area contributed by atoms with Gasteiger partial charge in [0.15, 0.2) is 0 Å². The number of rotatable bonds is 3. The maximum absolute atomic E-state index is 11.8. The summed E-state index contributed by atoms with van der Waals surface area (Å²) in [6.45, 7) is 0.253. The molecule has 0 unspecified atom stereocenters. The van der Waals surface area contributed by atoms with Crippen LogP contribution >= 0.6 is 11.6 Å². The zero-order chi connectivity index (χ0) is 12.1.